The second-order valence-electron chi connectivity index (χ2n) is 20.1. The molecule has 0 amide bonds. The van der Waals surface area contributed by atoms with E-state index in [4.69, 9.17) is 18.9 Å². The number of allylic oxidation sites excluding steroid dienone is 2. The Labute approximate surface area is 407 Å². The second-order valence-corrected chi connectivity index (χ2v) is 20.1. The van der Waals surface area contributed by atoms with Crippen LogP contribution in [-0.2, 0) is 23.7 Å². The highest BCUT2D eigenvalue weighted by Crippen LogP contribution is 2.23. The lowest BCUT2D eigenvalue weighted by atomic mass is 9.99. The van der Waals surface area contributed by atoms with E-state index in [1.54, 1.807) is 0 Å². The van der Waals surface area contributed by atoms with Crippen molar-refractivity contribution in [3.63, 3.8) is 0 Å². The highest BCUT2D eigenvalue weighted by Gasteiger charge is 2.44. The SMILES string of the molecule is CCCCCCCCCC/C=C\CCCCCCCCCCCCCC(=O)OC(COCCCCCCCCCCCCCCCCCCCCCC)COC1OC(CO)C(O)C(O)C1O. The van der Waals surface area contributed by atoms with Crippen molar-refractivity contribution in [1.82, 2.24) is 0 Å². The number of carbonyl (C=O) groups excluding carboxylic acids is 1. The molecule has 6 unspecified atom stereocenters. The first-order valence-corrected chi connectivity index (χ1v) is 28.8. The average molecular weight is 939 g/mol. The van der Waals surface area contributed by atoms with Crippen LogP contribution in [0, 0.1) is 0 Å². The van der Waals surface area contributed by atoms with Crippen molar-refractivity contribution in [2.45, 2.75) is 320 Å². The van der Waals surface area contributed by atoms with Gasteiger partial charge in [0.2, 0.25) is 0 Å². The second kappa shape index (κ2) is 48.9. The number of rotatable bonds is 51. The molecule has 0 aromatic carbocycles. The third-order valence-corrected chi connectivity index (χ3v) is 13.7. The van der Waals surface area contributed by atoms with Crippen LogP contribution < -0.4 is 0 Å². The van der Waals surface area contributed by atoms with Crippen molar-refractivity contribution in [2.75, 3.05) is 26.4 Å². The third-order valence-electron chi connectivity index (χ3n) is 13.7. The molecular formula is C57H110O9. The van der Waals surface area contributed by atoms with Gasteiger partial charge in [-0.15, -0.1) is 0 Å². The number of aliphatic hydroxyl groups excluding tert-OH is 4. The highest BCUT2D eigenvalue weighted by atomic mass is 16.7. The van der Waals surface area contributed by atoms with Gasteiger partial charge < -0.3 is 39.4 Å². The molecular weight excluding hydrogens is 829 g/mol. The van der Waals surface area contributed by atoms with E-state index in [2.05, 4.69) is 26.0 Å². The zero-order chi connectivity index (χ0) is 47.8. The Balaban J connectivity index is 2.14. The molecule has 1 aliphatic heterocycles. The maximum absolute atomic E-state index is 12.9. The lowest BCUT2D eigenvalue weighted by molar-refractivity contribution is -0.305. The van der Waals surface area contributed by atoms with Crippen LogP contribution in [0.3, 0.4) is 0 Å². The van der Waals surface area contributed by atoms with Crippen molar-refractivity contribution < 1.29 is 44.2 Å². The first-order valence-electron chi connectivity index (χ1n) is 28.8. The molecule has 9 heteroatoms. The van der Waals surface area contributed by atoms with Crippen LogP contribution in [0.4, 0.5) is 0 Å². The van der Waals surface area contributed by atoms with E-state index in [0.29, 0.717) is 13.0 Å². The monoisotopic (exact) mass is 939 g/mol. The number of hydrogen-bond donors (Lipinski definition) is 4. The van der Waals surface area contributed by atoms with Crippen molar-refractivity contribution >= 4 is 5.97 Å². The molecule has 0 saturated carbocycles. The summed E-state index contributed by atoms with van der Waals surface area (Å²) in [6, 6.07) is 0. The zero-order valence-corrected chi connectivity index (χ0v) is 43.5. The van der Waals surface area contributed by atoms with E-state index in [1.165, 1.54) is 231 Å². The van der Waals surface area contributed by atoms with Gasteiger partial charge in [-0.3, -0.25) is 4.79 Å². The first-order chi connectivity index (χ1) is 32.4. The summed E-state index contributed by atoms with van der Waals surface area (Å²) in [5.74, 6) is -0.307. The summed E-state index contributed by atoms with van der Waals surface area (Å²) in [7, 11) is 0. The molecule has 1 saturated heterocycles. The minimum atomic E-state index is -1.53. The molecule has 392 valence electrons. The summed E-state index contributed by atoms with van der Waals surface area (Å²) in [6.07, 6.45) is 51.2. The van der Waals surface area contributed by atoms with E-state index in [9.17, 15) is 25.2 Å². The fraction of sp³-hybridized carbons (Fsp3) is 0.947. The van der Waals surface area contributed by atoms with Crippen molar-refractivity contribution in [1.29, 1.82) is 0 Å². The molecule has 1 fully saturated rings. The predicted molar refractivity (Wildman–Crippen MR) is 275 cm³/mol. The minimum absolute atomic E-state index is 0.107. The van der Waals surface area contributed by atoms with Crippen molar-refractivity contribution in [3.05, 3.63) is 12.2 Å². The molecule has 9 nitrogen and oxygen atoms in total. The van der Waals surface area contributed by atoms with Gasteiger partial charge in [0.1, 0.15) is 30.5 Å². The Morgan fingerprint density at radius 1 is 0.470 bits per heavy atom. The van der Waals surface area contributed by atoms with Crippen LogP contribution in [-0.4, -0.2) is 89.6 Å². The topological polar surface area (TPSA) is 135 Å². The Hall–Kier alpha value is -1.07. The van der Waals surface area contributed by atoms with E-state index in [1.807, 2.05) is 0 Å². The van der Waals surface area contributed by atoms with Gasteiger partial charge in [0, 0.05) is 13.0 Å². The standard InChI is InChI=1S/C57H110O9/c1-3-5-7-9-11-13-15-17-19-21-23-25-26-27-28-30-32-34-36-38-40-42-44-46-53(59)65-51(50-64-57-56(62)55(61)54(60)52(48-58)66-57)49-63-47-45-43-41-39-37-35-33-31-29-24-22-20-18-16-14-12-10-8-6-4-2/h21,23,51-52,54-58,60-62H,3-20,22,24-50H2,1-2H3/b23-21-. The summed E-state index contributed by atoms with van der Waals surface area (Å²) in [6.45, 7) is 4.63. The smallest absolute Gasteiger partial charge is 0.306 e. The summed E-state index contributed by atoms with van der Waals surface area (Å²) in [5, 5.41) is 40.3. The fourth-order valence-electron chi connectivity index (χ4n) is 9.20. The molecule has 1 heterocycles. The number of carbonyl (C=O) groups is 1. The number of ether oxygens (including phenoxy) is 4. The number of hydrogen-bond acceptors (Lipinski definition) is 9. The Kier molecular flexibility index (Phi) is 46.7. The summed E-state index contributed by atoms with van der Waals surface area (Å²) >= 11 is 0. The zero-order valence-electron chi connectivity index (χ0n) is 43.5. The van der Waals surface area contributed by atoms with Crippen LogP contribution in [0.25, 0.3) is 0 Å². The van der Waals surface area contributed by atoms with Crippen molar-refractivity contribution in [2.24, 2.45) is 0 Å². The predicted octanol–water partition coefficient (Wildman–Crippen LogP) is 14.7. The molecule has 4 N–H and O–H groups in total. The van der Waals surface area contributed by atoms with Gasteiger partial charge >= 0.3 is 5.97 Å². The van der Waals surface area contributed by atoms with E-state index in [0.717, 1.165) is 32.1 Å². The van der Waals surface area contributed by atoms with Crippen LogP contribution in [0.1, 0.15) is 284 Å². The lowest BCUT2D eigenvalue weighted by Crippen LogP contribution is -2.59. The molecule has 1 rings (SSSR count). The number of unbranched alkanes of at least 4 members (excludes halogenated alkanes) is 38. The van der Waals surface area contributed by atoms with Gasteiger partial charge in [0.25, 0.3) is 0 Å². The molecule has 0 aliphatic carbocycles. The Bertz CT molecular complexity index is 1020. The molecule has 6 atom stereocenters. The molecule has 0 radical (unpaired) electrons. The molecule has 1 aliphatic rings. The molecule has 66 heavy (non-hydrogen) atoms. The molecule has 0 bridgehead atoms. The maximum Gasteiger partial charge on any atom is 0.306 e. The summed E-state index contributed by atoms with van der Waals surface area (Å²) in [4.78, 5) is 12.9. The quantitative estimate of drug-likeness (QED) is 0.0267. The van der Waals surface area contributed by atoms with Crippen LogP contribution in [0.2, 0.25) is 0 Å². The number of esters is 1. The highest BCUT2D eigenvalue weighted by molar-refractivity contribution is 5.69. The van der Waals surface area contributed by atoms with E-state index >= 15 is 0 Å². The Morgan fingerprint density at radius 3 is 1.23 bits per heavy atom. The van der Waals surface area contributed by atoms with Crippen LogP contribution >= 0.6 is 0 Å². The van der Waals surface area contributed by atoms with Gasteiger partial charge in [0.05, 0.1) is 19.8 Å². The van der Waals surface area contributed by atoms with E-state index < -0.39 is 43.4 Å². The van der Waals surface area contributed by atoms with Crippen LogP contribution in [0.5, 0.6) is 0 Å². The van der Waals surface area contributed by atoms with Gasteiger partial charge in [-0.25, -0.2) is 0 Å². The maximum atomic E-state index is 12.9. The summed E-state index contributed by atoms with van der Waals surface area (Å²) < 4.78 is 23.0. The normalized spacial score (nSPS) is 19.3. The summed E-state index contributed by atoms with van der Waals surface area (Å²) in [5.41, 5.74) is 0. The molecule has 0 aromatic rings. The first kappa shape index (κ1) is 62.9. The van der Waals surface area contributed by atoms with Gasteiger partial charge in [-0.05, 0) is 38.5 Å². The fourth-order valence-corrected chi connectivity index (χ4v) is 9.20. The largest absolute Gasteiger partial charge is 0.457 e. The number of aliphatic hydroxyl groups is 4. The lowest BCUT2D eigenvalue weighted by Gasteiger charge is -2.39. The molecule has 0 spiro atoms. The minimum Gasteiger partial charge on any atom is -0.457 e. The Morgan fingerprint density at radius 2 is 0.833 bits per heavy atom. The van der Waals surface area contributed by atoms with Crippen molar-refractivity contribution in [3.8, 4) is 0 Å². The van der Waals surface area contributed by atoms with Gasteiger partial charge in [-0.2, -0.15) is 0 Å². The molecule has 0 aromatic heterocycles. The van der Waals surface area contributed by atoms with Gasteiger partial charge in [0.15, 0.2) is 6.29 Å². The van der Waals surface area contributed by atoms with Crippen LogP contribution in [0.15, 0.2) is 12.2 Å². The van der Waals surface area contributed by atoms with Gasteiger partial charge in [-0.1, -0.05) is 251 Å². The average Bonchev–Trinajstić information content (AvgIpc) is 3.32. The van der Waals surface area contributed by atoms with E-state index in [-0.39, 0.29) is 19.2 Å². The third kappa shape index (κ3) is 38.7.